The Hall–Kier alpha value is -1.40. The third-order valence-corrected chi connectivity index (χ3v) is 2.13. The predicted octanol–water partition coefficient (Wildman–Crippen LogP) is 3.07. The summed E-state index contributed by atoms with van der Waals surface area (Å²) in [4.78, 5) is 0.197. The van der Waals surface area contributed by atoms with E-state index in [0.717, 1.165) is 5.69 Å². The summed E-state index contributed by atoms with van der Waals surface area (Å²) in [5.41, 5.74) is 2.14. The Bertz CT molecular complexity index is 360. The van der Waals surface area contributed by atoms with Crippen LogP contribution in [0.3, 0.4) is 0 Å². The molecule has 0 unspecified atom stereocenters. The van der Waals surface area contributed by atoms with Crippen LogP contribution in [0.2, 0.25) is 0 Å². The molecule has 1 aromatic carbocycles. The van der Waals surface area contributed by atoms with E-state index in [9.17, 15) is 0 Å². The molecule has 3 heteroatoms. The molecular weight excluding hydrogens is 192 g/mol. The Kier molecular flexibility index (Phi) is 3.61. The largest absolute Gasteiger partial charge is 0.338 e. The van der Waals surface area contributed by atoms with E-state index >= 15 is 0 Å². The summed E-state index contributed by atoms with van der Waals surface area (Å²) in [6.07, 6.45) is 0. The summed E-state index contributed by atoms with van der Waals surface area (Å²) < 4.78 is 0. The van der Waals surface area contributed by atoms with Gasteiger partial charge in [0.15, 0.2) is 4.99 Å². The smallest absolute Gasteiger partial charge is 0.182 e. The van der Waals surface area contributed by atoms with Crippen molar-refractivity contribution in [1.29, 1.82) is 5.26 Å². The fraction of sp³-hybridized carbons (Fsp3) is 0.273. The molecule has 0 fully saturated rings. The third-order valence-electron chi connectivity index (χ3n) is 1.94. The van der Waals surface area contributed by atoms with Gasteiger partial charge in [0.1, 0.15) is 6.07 Å². The first kappa shape index (κ1) is 10.7. The van der Waals surface area contributed by atoms with E-state index in [2.05, 4.69) is 19.2 Å². The van der Waals surface area contributed by atoms with Crippen molar-refractivity contribution in [3.63, 3.8) is 0 Å². The van der Waals surface area contributed by atoms with Crippen molar-refractivity contribution in [2.75, 3.05) is 5.32 Å². The van der Waals surface area contributed by atoms with E-state index in [1.807, 2.05) is 30.3 Å². The maximum Gasteiger partial charge on any atom is 0.182 e. The summed E-state index contributed by atoms with van der Waals surface area (Å²) >= 11 is 4.75. The first-order chi connectivity index (χ1) is 6.63. The molecule has 0 bridgehead atoms. The minimum absolute atomic E-state index is 0.197. The number of nitrogens with zero attached hydrogens (tertiary/aromatic N) is 1. The molecule has 0 aliphatic carbocycles. The first-order valence-electron chi connectivity index (χ1n) is 4.44. The van der Waals surface area contributed by atoms with Crippen molar-refractivity contribution in [1.82, 2.24) is 0 Å². The highest BCUT2D eigenvalue weighted by Crippen LogP contribution is 2.16. The van der Waals surface area contributed by atoms with Crippen LogP contribution >= 0.6 is 12.2 Å². The number of anilines is 1. The second kappa shape index (κ2) is 4.73. The number of hydrogen-bond acceptors (Lipinski definition) is 2. The molecule has 0 atom stereocenters. The van der Waals surface area contributed by atoms with E-state index in [4.69, 9.17) is 17.5 Å². The molecule has 14 heavy (non-hydrogen) atoms. The van der Waals surface area contributed by atoms with Crippen LogP contribution in [0.4, 0.5) is 5.69 Å². The molecule has 72 valence electrons. The van der Waals surface area contributed by atoms with Gasteiger partial charge in [0, 0.05) is 5.69 Å². The molecule has 0 saturated carbocycles. The zero-order valence-corrected chi connectivity index (χ0v) is 9.06. The van der Waals surface area contributed by atoms with E-state index < -0.39 is 0 Å². The van der Waals surface area contributed by atoms with Crippen LogP contribution < -0.4 is 5.32 Å². The summed E-state index contributed by atoms with van der Waals surface area (Å²) in [7, 11) is 0. The minimum atomic E-state index is 0.197. The standard InChI is InChI=1S/C11H12N2S/c1-8(2)9-3-5-10(6-4-9)13-11(14)7-12/h3-6,8H,1-2H3,(H,13,14). The van der Waals surface area contributed by atoms with Crippen molar-refractivity contribution >= 4 is 22.9 Å². The van der Waals surface area contributed by atoms with Gasteiger partial charge in [-0.3, -0.25) is 0 Å². The van der Waals surface area contributed by atoms with Crippen LogP contribution in [0.15, 0.2) is 24.3 Å². The maximum atomic E-state index is 8.49. The Morgan fingerprint density at radius 2 is 1.93 bits per heavy atom. The van der Waals surface area contributed by atoms with Crippen LogP contribution in [0, 0.1) is 11.3 Å². The SMILES string of the molecule is CC(C)c1ccc(NC(=S)C#N)cc1. The van der Waals surface area contributed by atoms with Gasteiger partial charge in [-0.05, 0) is 35.8 Å². The van der Waals surface area contributed by atoms with E-state index in [0.29, 0.717) is 5.92 Å². The molecule has 1 N–H and O–H groups in total. The zero-order valence-electron chi connectivity index (χ0n) is 8.24. The van der Waals surface area contributed by atoms with Crippen LogP contribution in [0.25, 0.3) is 0 Å². The van der Waals surface area contributed by atoms with E-state index in [1.165, 1.54) is 5.56 Å². The molecular formula is C11H12N2S. The van der Waals surface area contributed by atoms with Gasteiger partial charge in [0.2, 0.25) is 0 Å². The van der Waals surface area contributed by atoms with Gasteiger partial charge >= 0.3 is 0 Å². The topological polar surface area (TPSA) is 35.8 Å². The van der Waals surface area contributed by atoms with Crippen LogP contribution in [-0.2, 0) is 0 Å². The van der Waals surface area contributed by atoms with Crippen molar-refractivity contribution < 1.29 is 0 Å². The summed E-state index contributed by atoms with van der Waals surface area (Å²) in [6, 6.07) is 9.80. The zero-order chi connectivity index (χ0) is 10.6. The average Bonchev–Trinajstić information content (AvgIpc) is 2.18. The van der Waals surface area contributed by atoms with Crippen molar-refractivity contribution in [3.8, 4) is 6.07 Å². The highest BCUT2D eigenvalue weighted by molar-refractivity contribution is 7.81. The highest BCUT2D eigenvalue weighted by atomic mass is 32.1. The summed E-state index contributed by atoms with van der Waals surface area (Å²) in [6.45, 7) is 4.28. The van der Waals surface area contributed by atoms with Gasteiger partial charge in [-0.25, -0.2) is 0 Å². The molecule has 0 aromatic heterocycles. The summed E-state index contributed by atoms with van der Waals surface area (Å²) in [5.74, 6) is 0.520. The molecule has 0 spiro atoms. The highest BCUT2D eigenvalue weighted by Gasteiger charge is 1.99. The second-order valence-electron chi connectivity index (χ2n) is 3.34. The van der Waals surface area contributed by atoms with Crippen LogP contribution in [0.1, 0.15) is 25.3 Å². The lowest BCUT2D eigenvalue weighted by Gasteiger charge is -2.06. The van der Waals surface area contributed by atoms with Gasteiger partial charge < -0.3 is 5.32 Å². The maximum absolute atomic E-state index is 8.49. The lowest BCUT2D eigenvalue weighted by atomic mass is 10.0. The molecule has 0 radical (unpaired) electrons. The fourth-order valence-corrected chi connectivity index (χ4v) is 1.23. The number of thiocarbonyl (C=S) groups is 1. The number of nitriles is 1. The lowest BCUT2D eigenvalue weighted by Crippen LogP contribution is -2.05. The Balaban J connectivity index is 2.75. The normalized spacial score (nSPS) is 9.57. The third kappa shape index (κ3) is 2.82. The van der Waals surface area contributed by atoms with Gasteiger partial charge in [-0.1, -0.05) is 26.0 Å². The molecule has 1 aromatic rings. The van der Waals surface area contributed by atoms with Crippen molar-refractivity contribution in [3.05, 3.63) is 29.8 Å². The van der Waals surface area contributed by atoms with Gasteiger partial charge in [0.25, 0.3) is 0 Å². The Labute approximate surface area is 89.6 Å². The molecule has 0 aliphatic heterocycles. The van der Waals surface area contributed by atoms with E-state index in [1.54, 1.807) is 0 Å². The van der Waals surface area contributed by atoms with Gasteiger partial charge in [-0.15, -0.1) is 0 Å². The van der Waals surface area contributed by atoms with Crippen molar-refractivity contribution in [2.24, 2.45) is 0 Å². The Morgan fingerprint density at radius 3 is 2.36 bits per heavy atom. The van der Waals surface area contributed by atoms with Gasteiger partial charge in [0.05, 0.1) is 0 Å². The first-order valence-corrected chi connectivity index (χ1v) is 4.85. The van der Waals surface area contributed by atoms with Crippen molar-refractivity contribution in [2.45, 2.75) is 19.8 Å². The number of benzene rings is 1. The minimum Gasteiger partial charge on any atom is -0.338 e. The fourth-order valence-electron chi connectivity index (χ4n) is 1.11. The monoisotopic (exact) mass is 204 g/mol. The molecule has 0 aliphatic rings. The number of hydrogen-bond donors (Lipinski definition) is 1. The number of rotatable bonds is 2. The average molecular weight is 204 g/mol. The molecule has 0 heterocycles. The molecule has 0 amide bonds. The summed E-state index contributed by atoms with van der Waals surface area (Å²) in [5, 5.41) is 11.3. The molecule has 0 saturated heterocycles. The second-order valence-corrected chi connectivity index (χ2v) is 3.75. The number of nitrogens with one attached hydrogen (secondary N) is 1. The lowest BCUT2D eigenvalue weighted by molar-refractivity contribution is 0.867. The molecule has 1 rings (SSSR count). The van der Waals surface area contributed by atoms with Crippen LogP contribution in [0.5, 0.6) is 0 Å². The predicted molar refractivity (Wildman–Crippen MR) is 62.4 cm³/mol. The van der Waals surface area contributed by atoms with Crippen LogP contribution in [-0.4, -0.2) is 4.99 Å². The Morgan fingerprint density at radius 1 is 1.36 bits per heavy atom. The van der Waals surface area contributed by atoms with E-state index in [-0.39, 0.29) is 4.99 Å². The quantitative estimate of drug-likeness (QED) is 0.752. The molecule has 2 nitrogen and oxygen atoms in total. The van der Waals surface area contributed by atoms with Gasteiger partial charge in [-0.2, -0.15) is 5.26 Å².